The molecule has 4 aromatic rings. The molecule has 35 heavy (non-hydrogen) atoms. The average Bonchev–Trinajstić information content (AvgIpc) is 3.18. The number of amides is 1. The summed E-state index contributed by atoms with van der Waals surface area (Å²) in [6, 6.07) is 3.89. The lowest BCUT2D eigenvalue weighted by atomic mass is 9.57. The number of fused-ring (bicyclic) bond motifs is 1. The van der Waals surface area contributed by atoms with Gasteiger partial charge in [0.2, 0.25) is 5.91 Å². The second-order valence-electron chi connectivity index (χ2n) is 9.44. The molecule has 0 atom stereocenters. The van der Waals surface area contributed by atoms with Crippen molar-refractivity contribution < 1.29 is 4.79 Å². The highest BCUT2D eigenvalue weighted by Crippen LogP contribution is 2.23. The summed E-state index contributed by atoms with van der Waals surface area (Å²) in [7, 11) is 16.6. The summed E-state index contributed by atoms with van der Waals surface area (Å²) in [6.07, 6.45) is 5.36. The van der Waals surface area contributed by atoms with Crippen LogP contribution >= 0.6 is 0 Å². The van der Waals surface area contributed by atoms with Crippen LogP contribution in [0.4, 0.5) is 5.82 Å². The number of carbonyl (C=O) groups excluding carboxylic acids is 1. The molecule has 0 saturated heterocycles. The first-order chi connectivity index (χ1) is 16.5. The van der Waals surface area contributed by atoms with Gasteiger partial charge in [-0.25, -0.2) is 9.97 Å². The maximum absolute atomic E-state index is 13.2. The molecule has 0 aliphatic heterocycles. The molecule has 4 rings (SSSR count). The first-order valence-electron chi connectivity index (χ1n) is 11.8. The van der Waals surface area contributed by atoms with Crippen molar-refractivity contribution in [1.29, 1.82) is 0 Å². The number of anilines is 1. The van der Waals surface area contributed by atoms with Crippen LogP contribution < -0.4 is 32.6 Å². The van der Waals surface area contributed by atoms with Crippen molar-refractivity contribution in [3.8, 4) is 11.4 Å². The van der Waals surface area contributed by atoms with E-state index in [-0.39, 0.29) is 5.91 Å². The Hall–Kier alpha value is -3.35. The molecule has 3 aromatic heterocycles. The normalized spacial score (nSPS) is 11.9. The minimum atomic E-state index is -0.152. The summed E-state index contributed by atoms with van der Waals surface area (Å²) in [5.74, 6) is 1.28. The van der Waals surface area contributed by atoms with E-state index in [9.17, 15) is 4.79 Å². The van der Waals surface area contributed by atoms with E-state index in [1.165, 1.54) is 27.3 Å². The molecule has 13 heteroatoms. The molecule has 0 spiro atoms. The smallest absolute Gasteiger partial charge is 0.242 e. The Bertz CT molecular complexity index is 1520. The van der Waals surface area contributed by atoms with Crippen LogP contribution in [-0.4, -0.2) is 80.4 Å². The third-order valence-corrected chi connectivity index (χ3v) is 7.61. The van der Waals surface area contributed by atoms with E-state index in [1.54, 1.807) is 12.4 Å². The Morgan fingerprint density at radius 1 is 0.829 bits per heavy atom. The molecule has 0 fully saturated rings. The van der Waals surface area contributed by atoms with E-state index in [0.717, 1.165) is 39.0 Å². The summed E-state index contributed by atoms with van der Waals surface area (Å²) in [4.78, 5) is 26.6. The van der Waals surface area contributed by atoms with Gasteiger partial charge in [0.25, 0.3) is 0 Å². The minimum Gasteiger partial charge on any atom is -0.330 e. The predicted molar refractivity (Wildman–Crippen MR) is 166 cm³/mol. The zero-order valence-corrected chi connectivity index (χ0v) is 22.1. The lowest BCUT2D eigenvalue weighted by Crippen LogP contribution is -2.56. The van der Waals surface area contributed by atoms with Crippen molar-refractivity contribution in [2.45, 2.75) is 6.92 Å². The number of hydrogen-bond acceptors (Lipinski definition) is 4. The summed E-state index contributed by atoms with van der Waals surface area (Å²) >= 11 is 0. The zero-order valence-electron chi connectivity index (χ0n) is 22.1. The summed E-state index contributed by atoms with van der Waals surface area (Å²) in [6.45, 7) is 1.96. The summed E-state index contributed by atoms with van der Waals surface area (Å²) in [5, 5.41) is 4.85. The highest BCUT2D eigenvalue weighted by atomic mass is 16.1. The van der Waals surface area contributed by atoms with Crippen molar-refractivity contribution in [2.75, 3.05) is 5.32 Å². The monoisotopic (exact) mass is 453 g/mol. The van der Waals surface area contributed by atoms with E-state index in [2.05, 4.69) is 59.5 Å². The van der Waals surface area contributed by atoms with Crippen LogP contribution in [0.25, 0.3) is 27.6 Å². The van der Waals surface area contributed by atoms with Gasteiger partial charge in [0.1, 0.15) is 66.6 Å². The van der Waals surface area contributed by atoms with Crippen molar-refractivity contribution >= 4 is 110 Å². The Balaban J connectivity index is 1.68. The van der Waals surface area contributed by atoms with Gasteiger partial charge in [0.05, 0.1) is 17.6 Å². The molecule has 166 valence electrons. The predicted octanol–water partition coefficient (Wildman–Crippen LogP) is -6.80. The van der Waals surface area contributed by atoms with Crippen molar-refractivity contribution in [2.24, 2.45) is 7.05 Å². The third kappa shape index (κ3) is 4.40. The number of aryl methyl sites for hydroxylation is 1. The molecule has 3 heterocycles. The Kier molecular flexibility index (Phi) is 6.63. The first kappa shape index (κ1) is 24.8. The fraction of sp³-hybridized carbons (Fsp3) is 0.0909. The topological polar surface area (TPSA) is 72.7 Å². The number of imidazole rings is 1. The van der Waals surface area contributed by atoms with E-state index < -0.39 is 0 Å². The maximum Gasteiger partial charge on any atom is 0.242 e. The Morgan fingerprint density at radius 2 is 1.43 bits per heavy atom. The molecule has 0 bridgehead atoms. The molecule has 0 aliphatic carbocycles. The Labute approximate surface area is 212 Å². The zero-order chi connectivity index (χ0) is 25.6. The van der Waals surface area contributed by atoms with E-state index in [0.29, 0.717) is 11.3 Å². The van der Waals surface area contributed by atoms with Gasteiger partial charge in [0, 0.05) is 24.8 Å². The molecule has 1 aromatic carbocycles. The molecule has 0 unspecified atom stereocenters. The van der Waals surface area contributed by atoms with Gasteiger partial charge in [-0.05, 0) is 35.5 Å². The van der Waals surface area contributed by atoms with Crippen LogP contribution in [0.1, 0.15) is 11.4 Å². The van der Waals surface area contributed by atoms with Gasteiger partial charge < -0.3 is 9.88 Å². The lowest BCUT2D eigenvalue weighted by Gasteiger charge is -2.22. The fourth-order valence-electron chi connectivity index (χ4n) is 4.62. The van der Waals surface area contributed by atoms with Gasteiger partial charge >= 0.3 is 0 Å². The molecule has 0 aliphatic rings. The molecule has 1 N–H and O–H groups in total. The van der Waals surface area contributed by atoms with Crippen molar-refractivity contribution in [3.05, 3.63) is 47.6 Å². The van der Waals surface area contributed by atoms with Gasteiger partial charge in [0.15, 0.2) is 0 Å². The average molecular weight is 452 g/mol. The van der Waals surface area contributed by atoms with Gasteiger partial charge in [-0.3, -0.25) is 9.78 Å². The quantitative estimate of drug-likeness (QED) is 0.247. The molecule has 6 nitrogen and oxygen atoms in total. The maximum atomic E-state index is 13.2. The van der Waals surface area contributed by atoms with E-state index >= 15 is 0 Å². The van der Waals surface area contributed by atoms with Gasteiger partial charge in [-0.2, -0.15) is 0 Å². The van der Waals surface area contributed by atoms with Crippen LogP contribution in [0.2, 0.25) is 0 Å². The van der Waals surface area contributed by atoms with Gasteiger partial charge in [-0.1, -0.05) is 16.4 Å². The summed E-state index contributed by atoms with van der Waals surface area (Å²) < 4.78 is 2.01. The second kappa shape index (κ2) is 9.36. The number of pyridine rings is 2. The third-order valence-electron chi connectivity index (χ3n) is 7.61. The van der Waals surface area contributed by atoms with Crippen molar-refractivity contribution in [1.82, 2.24) is 19.5 Å². The number of hydrogen-bond donors (Lipinski definition) is 1. The standard InChI is InChI=1S/C22H26B7N5O/c1-8-30-7-12(34(8)2)11-3-9-4-13(32-6-10(9)5-31-11)33-22(35)21(29)17(25)14-15(23)18(26)20(28)19(27)16(14)24/h3-7H,23-29H2,1-2H3,(H,32,33,35)/b21-17+. The first-order valence-corrected chi connectivity index (χ1v) is 11.8. The van der Waals surface area contributed by atoms with Crippen LogP contribution in [0.3, 0.4) is 0 Å². The number of nitrogens with zero attached hydrogens (tertiary/aromatic N) is 4. The van der Waals surface area contributed by atoms with Crippen LogP contribution in [0.15, 0.2) is 36.2 Å². The summed E-state index contributed by atoms with van der Waals surface area (Å²) in [5.41, 5.74) is 10.9. The van der Waals surface area contributed by atoms with E-state index in [4.69, 9.17) is 0 Å². The number of rotatable bonds is 4. The fourth-order valence-corrected chi connectivity index (χ4v) is 4.62. The number of aromatic nitrogens is 4. The minimum absolute atomic E-state index is 0.152. The van der Waals surface area contributed by atoms with Crippen LogP contribution in [0, 0.1) is 6.92 Å². The molecule has 1 amide bonds. The van der Waals surface area contributed by atoms with Crippen LogP contribution in [0.5, 0.6) is 0 Å². The second-order valence-corrected chi connectivity index (χ2v) is 9.44. The highest BCUT2D eigenvalue weighted by molar-refractivity contribution is 6.70. The number of carbonyl (C=O) groups is 1. The molecule has 0 saturated carbocycles. The Morgan fingerprint density at radius 3 is 2.03 bits per heavy atom. The molecular weight excluding hydrogens is 426 g/mol. The molecule has 0 radical (unpaired) electrons. The van der Waals surface area contributed by atoms with Crippen molar-refractivity contribution in [3.63, 3.8) is 0 Å². The SMILES string of the molecule is B/C(C(=O)Nc1cc2cc(-c3cnc(C)n3C)ncc2cn1)=C(/B)c1c(B)c(B)c(B)c(B)c1B. The molecular formula is C22H26B7N5O. The number of nitrogens with one attached hydrogen (secondary N) is 1. The lowest BCUT2D eigenvalue weighted by molar-refractivity contribution is -0.112. The highest BCUT2D eigenvalue weighted by Gasteiger charge is 2.17. The largest absolute Gasteiger partial charge is 0.330 e. The van der Waals surface area contributed by atoms with E-state index in [1.807, 2.05) is 52.6 Å². The number of benzene rings is 1. The van der Waals surface area contributed by atoms with Crippen LogP contribution in [-0.2, 0) is 11.8 Å². The van der Waals surface area contributed by atoms with Gasteiger partial charge in [-0.15, -0.1) is 16.4 Å².